The number of nitrogen functional groups attached to an aromatic ring is 1. The average Bonchev–Trinajstić information content (AvgIpc) is 2.72. The van der Waals surface area contributed by atoms with Crippen molar-refractivity contribution in [2.75, 3.05) is 5.73 Å². The van der Waals surface area contributed by atoms with Crippen LogP contribution in [-0.4, -0.2) is 16.3 Å². The first-order valence-electron chi connectivity index (χ1n) is 7.01. The molecule has 1 aliphatic carbocycles. The Balaban J connectivity index is 2.03. The van der Waals surface area contributed by atoms with Gasteiger partial charge in [0.1, 0.15) is 5.78 Å². The van der Waals surface area contributed by atoms with Crippen LogP contribution in [0.3, 0.4) is 0 Å². The molecule has 4 heteroatoms. The number of hydrogen-bond donors (Lipinski definition) is 1. The molecule has 104 valence electrons. The third-order valence-corrected chi connectivity index (χ3v) is 4.27. The molecule has 0 radical (unpaired) electrons. The summed E-state index contributed by atoms with van der Waals surface area (Å²) in [5.74, 6) is 0.271. The predicted octanol–water partition coefficient (Wildman–Crippen LogP) is 2.93. The van der Waals surface area contributed by atoms with Gasteiger partial charge in [0.05, 0.1) is 11.2 Å². The van der Waals surface area contributed by atoms with E-state index in [0.717, 1.165) is 16.6 Å². The minimum Gasteiger partial charge on any atom is -0.397 e. The summed E-state index contributed by atoms with van der Waals surface area (Å²) < 4.78 is 1.73. The zero-order valence-electron chi connectivity index (χ0n) is 11.6. The molecule has 1 saturated carbocycles. The lowest BCUT2D eigenvalue weighted by Gasteiger charge is -2.21. The van der Waals surface area contributed by atoms with E-state index in [2.05, 4.69) is 0 Å². The highest BCUT2D eigenvalue weighted by Gasteiger charge is 2.28. The summed E-state index contributed by atoms with van der Waals surface area (Å²) in [5, 5.41) is 0.922. The molecule has 1 aliphatic rings. The standard InChI is InChI=1S/C16H18N2O2/c1-10-15(17)13-4-2-3-5-14(13)18(10)16(20)11-6-8-12(19)9-7-11/h2-5,11H,6-9,17H2,1H3. The maximum Gasteiger partial charge on any atom is 0.234 e. The number of aromatic nitrogens is 1. The van der Waals surface area contributed by atoms with Crippen molar-refractivity contribution in [1.82, 2.24) is 4.57 Å². The summed E-state index contributed by atoms with van der Waals surface area (Å²) in [4.78, 5) is 24.1. The fourth-order valence-electron chi connectivity index (χ4n) is 3.05. The Morgan fingerprint density at radius 2 is 1.90 bits per heavy atom. The molecule has 20 heavy (non-hydrogen) atoms. The highest BCUT2D eigenvalue weighted by Crippen LogP contribution is 2.31. The molecule has 0 amide bonds. The molecule has 2 aromatic rings. The van der Waals surface area contributed by atoms with E-state index in [9.17, 15) is 9.59 Å². The highest BCUT2D eigenvalue weighted by molar-refractivity contribution is 6.02. The second-order valence-corrected chi connectivity index (χ2v) is 5.50. The van der Waals surface area contributed by atoms with Gasteiger partial charge in [-0.2, -0.15) is 0 Å². The molecular weight excluding hydrogens is 252 g/mol. The topological polar surface area (TPSA) is 65.1 Å². The largest absolute Gasteiger partial charge is 0.397 e. The van der Waals surface area contributed by atoms with Crippen molar-refractivity contribution in [2.45, 2.75) is 32.6 Å². The summed E-state index contributed by atoms with van der Waals surface area (Å²) in [5.41, 5.74) is 8.43. The monoisotopic (exact) mass is 270 g/mol. The predicted molar refractivity (Wildman–Crippen MR) is 78.7 cm³/mol. The van der Waals surface area contributed by atoms with Crippen LogP contribution in [0.1, 0.15) is 36.2 Å². The van der Waals surface area contributed by atoms with Crippen molar-refractivity contribution in [3.8, 4) is 0 Å². The Morgan fingerprint density at radius 3 is 2.60 bits per heavy atom. The molecule has 1 aromatic carbocycles. The van der Waals surface area contributed by atoms with Gasteiger partial charge in [-0.25, -0.2) is 0 Å². The van der Waals surface area contributed by atoms with Gasteiger partial charge in [-0.3, -0.25) is 14.2 Å². The van der Waals surface area contributed by atoms with Gasteiger partial charge in [0.15, 0.2) is 0 Å². The van der Waals surface area contributed by atoms with E-state index in [1.54, 1.807) is 4.57 Å². The smallest absolute Gasteiger partial charge is 0.234 e. The minimum absolute atomic E-state index is 0.0680. The number of rotatable bonds is 1. The van der Waals surface area contributed by atoms with E-state index in [1.807, 2.05) is 31.2 Å². The number of para-hydroxylation sites is 1. The lowest BCUT2D eigenvalue weighted by Crippen LogP contribution is -2.27. The van der Waals surface area contributed by atoms with Crippen LogP contribution in [0, 0.1) is 12.8 Å². The maximum absolute atomic E-state index is 12.8. The van der Waals surface area contributed by atoms with Gasteiger partial charge in [0.25, 0.3) is 0 Å². The number of nitrogens with zero attached hydrogens (tertiary/aromatic N) is 1. The van der Waals surface area contributed by atoms with Crippen LogP contribution in [0.2, 0.25) is 0 Å². The zero-order valence-corrected chi connectivity index (χ0v) is 11.6. The Morgan fingerprint density at radius 1 is 1.25 bits per heavy atom. The SMILES string of the molecule is Cc1c(N)c2ccccc2n1C(=O)C1CCC(=O)CC1. The lowest BCUT2D eigenvalue weighted by atomic mass is 9.87. The number of carbonyl (C=O) groups is 2. The summed E-state index contributed by atoms with van der Waals surface area (Å²) in [7, 11) is 0. The third-order valence-electron chi connectivity index (χ3n) is 4.27. The third kappa shape index (κ3) is 1.92. The van der Waals surface area contributed by atoms with Crippen molar-refractivity contribution in [1.29, 1.82) is 0 Å². The van der Waals surface area contributed by atoms with E-state index >= 15 is 0 Å². The van der Waals surface area contributed by atoms with E-state index in [1.165, 1.54) is 0 Å². The molecule has 0 atom stereocenters. The molecule has 0 unspecified atom stereocenters. The van der Waals surface area contributed by atoms with Gasteiger partial charge in [-0.1, -0.05) is 18.2 Å². The number of hydrogen-bond acceptors (Lipinski definition) is 3. The summed E-state index contributed by atoms with van der Waals surface area (Å²) >= 11 is 0. The summed E-state index contributed by atoms with van der Waals surface area (Å²) in [6.45, 7) is 1.88. The molecule has 4 nitrogen and oxygen atoms in total. The maximum atomic E-state index is 12.8. The molecule has 0 aliphatic heterocycles. The molecule has 1 fully saturated rings. The van der Waals surface area contributed by atoms with Crippen LogP contribution in [0.25, 0.3) is 10.9 Å². The first-order chi connectivity index (χ1) is 9.59. The molecule has 1 aromatic heterocycles. The second kappa shape index (κ2) is 4.78. The van der Waals surface area contributed by atoms with Gasteiger partial charge in [-0.05, 0) is 25.8 Å². The van der Waals surface area contributed by atoms with Crippen LogP contribution in [0.5, 0.6) is 0 Å². The van der Waals surface area contributed by atoms with Crippen molar-refractivity contribution in [3.05, 3.63) is 30.0 Å². The summed E-state index contributed by atoms with van der Waals surface area (Å²) in [6.07, 6.45) is 2.35. The zero-order chi connectivity index (χ0) is 14.3. The number of benzene rings is 1. The van der Waals surface area contributed by atoms with Crippen LogP contribution in [0.15, 0.2) is 24.3 Å². The Hall–Kier alpha value is -2.10. The minimum atomic E-state index is -0.0680. The van der Waals surface area contributed by atoms with Gasteiger partial charge >= 0.3 is 0 Å². The van der Waals surface area contributed by atoms with E-state index in [0.29, 0.717) is 31.4 Å². The van der Waals surface area contributed by atoms with Crippen LogP contribution in [0.4, 0.5) is 5.69 Å². The van der Waals surface area contributed by atoms with Gasteiger partial charge in [0.2, 0.25) is 5.91 Å². The van der Waals surface area contributed by atoms with Crippen molar-refractivity contribution in [2.24, 2.45) is 5.92 Å². The average molecular weight is 270 g/mol. The first kappa shape index (κ1) is 12.9. The molecule has 3 rings (SSSR count). The molecule has 1 heterocycles. The lowest BCUT2D eigenvalue weighted by molar-refractivity contribution is -0.120. The van der Waals surface area contributed by atoms with Gasteiger partial charge < -0.3 is 5.73 Å². The number of ketones is 1. The van der Waals surface area contributed by atoms with Crippen LogP contribution in [-0.2, 0) is 4.79 Å². The van der Waals surface area contributed by atoms with Crippen LogP contribution < -0.4 is 5.73 Å². The van der Waals surface area contributed by atoms with Crippen molar-refractivity contribution < 1.29 is 9.59 Å². The summed E-state index contributed by atoms with van der Waals surface area (Å²) in [6, 6.07) is 7.69. The first-order valence-corrected chi connectivity index (χ1v) is 7.01. The Labute approximate surface area is 117 Å². The normalized spacial score (nSPS) is 16.8. The van der Waals surface area contributed by atoms with E-state index < -0.39 is 0 Å². The van der Waals surface area contributed by atoms with E-state index in [4.69, 9.17) is 5.73 Å². The number of carbonyl (C=O) groups excluding carboxylic acids is 2. The highest BCUT2D eigenvalue weighted by atomic mass is 16.2. The van der Waals surface area contributed by atoms with Crippen molar-refractivity contribution in [3.63, 3.8) is 0 Å². The number of Topliss-reactive ketones (excluding diaryl/α,β-unsaturated/α-hetero) is 1. The van der Waals surface area contributed by atoms with Gasteiger partial charge in [-0.15, -0.1) is 0 Å². The quantitative estimate of drug-likeness (QED) is 0.866. The Bertz CT molecular complexity index is 690. The van der Waals surface area contributed by atoms with E-state index in [-0.39, 0.29) is 17.6 Å². The fourth-order valence-corrected chi connectivity index (χ4v) is 3.05. The number of nitrogens with two attached hydrogens (primary N) is 1. The molecular formula is C16H18N2O2. The Kier molecular flexibility index (Phi) is 3.08. The molecule has 0 spiro atoms. The number of fused-ring (bicyclic) bond motifs is 1. The van der Waals surface area contributed by atoms with Crippen molar-refractivity contribution >= 4 is 28.3 Å². The fraction of sp³-hybridized carbons (Fsp3) is 0.375. The van der Waals surface area contributed by atoms with Crippen LogP contribution >= 0.6 is 0 Å². The molecule has 0 bridgehead atoms. The molecule has 0 saturated heterocycles. The number of anilines is 1. The second-order valence-electron chi connectivity index (χ2n) is 5.50. The van der Waals surface area contributed by atoms with Gasteiger partial charge in [0, 0.05) is 29.8 Å². The molecule has 2 N–H and O–H groups in total.